The Hall–Kier alpha value is 0.187. The molecule has 0 fully saturated rings. The Kier molecular flexibility index (Phi) is 141. The van der Waals surface area contributed by atoms with Crippen LogP contribution in [0.4, 0.5) is 0 Å². The molecule has 620 valence electrons. The van der Waals surface area contributed by atoms with Gasteiger partial charge in [0.25, 0.3) is 0 Å². The van der Waals surface area contributed by atoms with Crippen LogP contribution in [0.3, 0.4) is 0 Å². The predicted molar refractivity (Wildman–Crippen MR) is 483 cm³/mol. The molecule has 0 saturated carbocycles. The zero-order valence-electron chi connectivity index (χ0n) is 67.9. The first-order valence-corrected chi connectivity index (χ1v) is 45.1. The van der Waals surface area contributed by atoms with E-state index in [1.807, 2.05) is 0 Å². The first kappa shape index (κ1) is 123. The topological polar surface area (TPSA) is 105 Å². The van der Waals surface area contributed by atoms with Gasteiger partial charge in [0.05, 0.1) is 26.4 Å². The van der Waals surface area contributed by atoms with Crippen LogP contribution in [0.15, 0.2) is 48.6 Å². The Morgan fingerprint density at radius 2 is 0.324 bits per heavy atom. The monoisotopic (exact) mass is 1780 g/mol. The van der Waals surface area contributed by atoms with E-state index in [0.717, 1.165) is 51.4 Å². The number of hydrogen-bond donors (Lipinski definition) is 0. The van der Waals surface area contributed by atoms with Crippen molar-refractivity contribution < 1.29 is 38.1 Å². The second kappa shape index (κ2) is 120. The van der Waals surface area contributed by atoms with Gasteiger partial charge in [-0.25, -0.2) is 0 Å². The molecular weight excluding hydrogens is 1610 g/mol. The number of unbranched alkanes of at least 4 members (excludes halogenated alkanes) is 52. The molecule has 0 bridgehead atoms. The van der Waals surface area contributed by atoms with Gasteiger partial charge in [-0.3, -0.25) is 19.2 Å². The first-order chi connectivity index (χ1) is 49.2. The molecule has 0 heterocycles. The largest absolute Gasteiger partial charge is 2.00 e. The number of hydrogen-bond acceptors (Lipinski definition) is 12. The van der Waals surface area contributed by atoms with Crippen molar-refractivity contribution in [2.75, 3.05) is 49.4 Å². The molecule has 4 radical (unpaired) electrons. The van der Waals surface area contributed by atoms with E-state index in [-0.39, 0.29) is 100 Å². The fourth-order valence-corrected chi connectivity index (χ4v) is 12.1. The third kappa shape index (κ3) is 128. The molecule has 0 N–H and O–H groups in total. The van der Waals surface area contributed by atoms with Crippen molar-refractivity contribution in [3.05, 3.63) is 48.6 Å². The van der Waals surface area contributed by atoms with Crippen molar-refractivity contribution in [3.8, 4) is 0 Å². The second-order valence-corrected chi connectivity index (χ2v) is 29.5. The maximum atomic E-state index is 11.3. The van der Waals surface area contributed by atoms with E-state index in [9.17, 15) is 19.2 Å². The summed E-state index contributed by atoms with van der Waals surface area (Å²) in [5, 5.41) is 0. The van der Waals surface area contributed by atoms with Crippen molar-refractivity contribution in [1.29, 1.82) is 0 Å². The SMILES string of the molecule is C.C.CCCCCCCCCCCCCC/C=C/CCCC(=O)OCC[S-].CCCCCCCCCCCCCC/C=C/CCCC(=O)OCC[S-].CCCCCCCCCCCCCC/C=C/CCCC(=O)OCC[S-].CCCCCCCCCCCCCC/C=C/CCCC(=O)OCC[S-].S.[Sn+2].[Sn+2]. The smallest absolute Gasteiger partial charge is 0.789 e. The molecule has 0 atom stereocenters. The summed E-state index contributed by atoms with van der Waals surface area (Å²) in [6, 6.07) is 0. The molecule has 0 aromatic carbocycles. The summed E-state index contributed by atoms with van der Waals surface area (Å²) < 4.78 is 19.8. The Labute approximate surface area is 719 Å². The van der Waals surface area contributed by atoms with Crippen LogP contribution in [0, 0.1) is 0 Å². The predicted octanol–water partition coefficient (Wildman–Crippen LogP) is 28.2. The molecular formula is C90H174O8S5Sn2. The zero-order valence-corrected chi connectivity index (χ0v) is 77.9. The van der Waals surface area contributed by atoms with Crippen LogP contribution in [-0.4, -0.2) is 121 Å². The Morgan fingerprint density at radius 3 is 0.448 bits per heavy atom. The molecule has 15 heteroatoms. The Balaban J connectivity index is -0.000000165. The molecule has 0 spiro atoms. The van der Waals surface area contributed by atoms with Gasteiger partial charge in [0.1, 0.15) is 0 Å². The van der Waals surface area contributed by atoms with Crippen molar-refractivity contribution in [3.63, 3.8) is 0 Å². The zero-order chi connectivity index (χ0) is 73.7. The van der Waals surface area contributed by atoms with E-state index in [2.05, 4.69) is 76.3 Å². The molecule has 0 aromatic heterocycles. The first-order valence-electron chi connectivity index (χ1n) is 42.8. The summed E-state index contributed by atoms with van der Waals surface area (Å²) in [6.45, 7) is 10.6. The van der Waals surface area contributed by atoms with Crippen LogP contribution in [-0.2, 0) is 88.6 Å². The summed E-state index contributed by atoms with van der Waals surface area (Å²) in [7, 11) is 0. The molecule has 0 aromatic rings. The molecule has 8 nitrogen and oxygen atoms in total. The van der Waals surface area contributed by atoms with Gasteiger partial charge in [-0.05, 0) is 103 Å². The Bertz CT molecular complexity index is 1470. The third-order valence-corrected chi connectivity index (χ3v) is 18.6. The van der Waals surface area contributed by atoms with Crippen LogP contribution in [0.5, 0.6) is 0 Å². The minimum atomic E-state index is -0.112. The third-order valence-electron chi connectivity index (χ3n) is 18.0. The normalized spacial score (nSPS) is 10.7. The van der Waals surface area contributed by atoms with E-state index >= 15 is 0 Å². The molecule has 0 amide bonds. The summed E-state index contributed by atoms with van der Waals surface area (Å²) in [6.07, 6.45) is 99.3. The minimum Gasteiger partial charge on any atom is -0.789 e. The van der Waals surface area contributed by atoms with Gasteiger partial charge in [-0.15, -0.1) is 23.0 Å². The number of allylic oxidation sites excluding steroid dienone is 8. The minimum absolute atomic E-state index is 0. The van der Waals surface area contributed by atoms with E-state index < -0.39 is 0 Å². The van der Waals surface area contributed by atoms with E-state index in [0.29, 0.717) is 75.1 Å². The van der Waals surface area contributed by atoms with E-state index in [4.69, 9.17) is 69.5 Å². The fourth-order valence-electron chi connectivity index (χ4n) is 11.7. The molecule has 0 rings (SSSR count). The van der Waals surface area contributed by atoms with Gasteiger partial charge in [0.2, 0.25) is 0 Å². The maximum Gasteiger partial charge on any atom is 2.00 e. The summed E-state index contributed by atoms with van der Waals surface area (Å²) in [5.74, 6) is 1.52. The quantitative estimate of drug-likeness (QED) is 0.0145. The van der Waals surface area contributed by atoms with Crippen molar-refractivity contribution in [2.24, 2.45) is 0 Å². The summed E-state index contributed by atoms with van der Waals surface area (Å²) in [5.41, 5.74) is 0. The van der Waals surface area contributed by atoms with Crippen LogP contribution in [0.25, 0.3) is 0 Å². The van der Waals surface area contributed by atoms with E-state index in [1.54, 1.807) is 0 Å². The van der Waals surface area contributed by atoms with Crippen molar-refractivity contribution >= 4 is 136 Å². The maximum absolute atomic E-state index is 11.3. The number of rotatable bonds is 76. The van der Waals surface area contributed by atoms with Gasteiger partial charge >= 0.3 is 71.7 Å². The van der Waals surface area contributed by atoms with Gasteiger partial charge in [-0.2, -0.15) is 13.5 Å². The summed E-state index contributed by atoms with van der Waals surface area (Å²) >= 11 is 19.0. The van der Waals surface area contributed by atoms with Gasteiger partial charge in [-0.1, -0.05) is 374 Å². The van der Waals surface area contributed by atoms with Crippen LogP contribution in [0.1, 0.15) is 453 Å². The molecule has 0 unspecified atom stereocenters. The standard InChI is InChI=1S/4C22H42O2S.2CH4.H2S.2Sn/c4*1-2-3-4-5-6-7-8-9-10-11-12-13-14-15-16-17-18-19-22(23)24-20-21-25;;;;;/h4*15-16,25H,2-14,17-21H2,1H3;2*1H4;1H2;;/q;;;;;;;2*+2/p-4/b4*16-15+;;;;;. The molecule has 105 heavy (non-hydrogen) atoms. The number of ether oxygens (including phenoxy) is 4. The number of carbonyl (C=O) groups excluding carboxylic acids is 4. The number of carbonyl (C=O) groups is 4. The van der Waals surface area contributed by atoms with Crippen LogP contribution < -0.4 is 0 Å². The number of esters is 4. The van der Waals surface area contributed by atoms with Crippen molar-refractivity contribution in [2.45, 2.75) is 453 Å². The van der Waals surface area contributed by atoms with E-state index in [1.165, 1.54) is 334 Å². The Morgan fingerprint density at radius 1 is 0.210 bits per heavy atom. The second-order valence-electron chi connectivity index (χ2n) is 27.9. The molecule has 0 aliphatic carbocycles. The van der Waals surface area contributed by atoms with Gasteiger partial charge in [0, 0.05) is 25.7 Å². The van der Waals surface area contributed by atoms with Crippen LogP contribution in [0.2, 0.25) is 0 Å². The summed E-state index contributed by atoms with van der Waals surface area (Å²) in [4.78, 5) is 45.1. The molecule has 0 aliphatic rings. The van der Waals surface area contributed by atoms with Crippen molar-refractivity contribution in [1.82, 2.24) is 0 Å². The molecule has 0 aliphatic heterocycles. The van der Waals surface area contributed by atoms with Gasteiger partial charge < -0.3 is 69.5 Å². The average Bonchev–Trinajstić information content (AvgIpc) is 3.63. The average molecular weight is 1780 g/mol. The molecule has 0 saturated heterocycles. The fraction of sp³-hybridized carbons (Fsp3) is 0.867. The van der Waals surface area contributed by atoms with Gasteiger partial charge in [0.15, 0.2) is 0 Å². The van der Waals surface area contributed by atoms with Crippen LogP contribution >= 0.6 is 13.5 Å².